The third-order valence-corrected chi connectivity index (χ3v) is 8.03. The van der Waals surface area contributed by atoms with Crippen LogP contribution in [-0.4, -0.2) is 87.3 Å². The van der Waals surface area contributed by atoms with Gasteiger partial charge in [0.05, 0.1) is 25.4 Å². The molecule has 0 saturated carbocycles. The summed E-state index contributed by atoms with van der Waals surface area (Å²) in [5.41, 5.74) is 3.58. The predicted octanol–water partition coefficient (Wildman–Crippen LogP) is 4.92. The Morgan fingerprint density at radius 1 is 1.13 bits per heavy atom. The fourth-order valence-electron chi connectivity index (χ4n) is 5.63. The number of aryl methyl sites for hydroxylation is 1. The topological polar surface area (TPSA) is 70.2 Å². The quantitative estimate of drug-likeness (QED) is 0.554. The summed E-state index contributed by atoms with van der Waals surface area (Å²) in [5, 5.41) is 2.90. The molecule has 0 spiro atoms. The van der Waals surface area contributed by atoms with Gasteiger partial charge in [0, 0.05) is 51.9 Å². The van der Waals surface area contributed by atoms with Gasteiger partial charge in [0.1, 0.15) is 11.6 Å². The summed E-state index contributed by atoms with van der Waals surface area (Å²) < 4.78 is 49.5. The van der Waals surface area contributed by atoms with Gasteiger partial charge < -0.3 is 29.5 Å². The summed E-state index contributed by atoms with van der Waals surface area (Å²) >= 11 is 0. The van der Waals surface area contributed by atoms with Crippen molar-refractivity contribution in [3.8, 4) is 11.1 Å². The number of nitrogens with one attached hydrogen (secondary N) is 1. The number of amides is 2. The fourth-order valence-corrected chi connectivity index (χ4v) is 5.63. The third kappa shape index (κ3) is 6.24. The number of methoxy groups -OCH3 is 1. The van der Waals surface area contributed by atoms with E-state index in [4.69, 9.17) is 14.5 Å². The van der Waals surface area contributed by atoms with Gasteiger partial charge in [0.25, 0.3) is 0 Å². The average Bonchev–Trinajstić information content (AvgIpc) is 3.36. The van der Waals surface area contributed by atoms with Crippen LogP contribution in [-0.2, 0) is 9.47 Å². The van der Waals surface area contributed by atoms with Gasteiger partial charge in [0.15, 0.2) is 0 Å². The second-order valence-electron chi connectivity index (χ2n) is 10.7. The highest BCUT2D eigenvalue weighted by Gasteiger charge is 2.38. The molecule has 8 nitrogen and oxygen atoms in total. The molecule has 0 aliphatic carbocycles. The molecule has 3 aliphatic heterocycles. The van der Waals surface area contributed by atoms with Crippen molar-refractivity contribution < 1.29 is 27.4 Å². The lowest BCUT2D eigenvalue weighted by Gasteiger charge is -2.46. The molecule has 1 aromatic heterocycles. The van der Waals surface area contributed by atoms with Crippen molar-refractivity contribution in [2.45, 2.75) is 45.0 Å². The Kier molecular flexibility index (Phi) is 7.91. The number of urea groups is 1. The molecular formula is C28H36F3N5O3. The fraction of sp³-hybridized carbons (Fsp3) is 0.571. The van der Waals surface area contributed by atoms with E-state index in [1.165, 1.54) is 4.90 Å². The molecule has 0 bridgehead atoms. The number of hydrogen-bond acceptors (Lipinski definition) is 6. The number of rotatable bonds is 6. The van der Waals surface area contributed by atoms with Crippen molar-refractivity contribution in [3.63, 3.8) is 0 Å². The number of aromatic nitrogens is 1. The molecule has 0 radical (unpaired) electrons. The number of likely N-dealkylation sites (tertiary alicyclic amines) is 1. The molecule has 2 amide bonds. The Labute approximate surface area is 227 Å². The van der Waals surface area contributed by atoms with E-state index >= 15 is 0 Å². The van der Waals surface area contributed by atoms with E-state index in [1.54, 1.807) is 7.11 Å². The van der Waals surface area contributed by atoms with Crippen LogP contribution < -0.4 is 15.1 Å². The lowest BCUT2D eigenvalue weighted by molar-refractivity contribution is -0.143. The highest BCUT2D eigenvalue weighted by atomic mass is 19.4. The van der Waals surface area contributed by atoms with Crippen LogP contribution in [0.5, 0.6) is 0 Å². The van der Waals surface area contributed by atoms with Gasteiger partial charge in [-0.25, -0.2) is 9.78 Å². The van der Waals surface area contributed by atoms with Crippen LogP contribution >= 0.6 is 0 Å². The van der Waals surface area contributed by atoms with Crippen LogP contribution in [0.4, 0.5) is 35.3 Å². The minimum atomic E-state index is -4.22. The molecule has 11 heteroatoms. The van der Waals surface area contributed by atoms with E-state index in [-0.39, 0.29) is 24.7 Å². The van der Waals surface area contributed by atoms with Crippen molar-refractivity contribution in [1.82, 2.24) is 9.88 Å². The van der Waals surface area contributed by atoms with Crippen molar-refractivity contribution in [2.75, 3.05) is 68.2 Å². The van der Waals surface area contributed by atoms with Gasteiger partial charge in [-0.15, -0.1) is 0 Å². The summed E-state index contributed by atoms with van der Waals surface area (Å²) in [6.07, 6.45) is -4.56. The molecule has 0 unspecified atom stereocenters. The number of hydrogen-bond donors (Lipinski definition) is 1. The van der Waals surface area contributed by atoms with E-state index in [0.717, 1.165) is 48.0 Å². The van der Waals surface area contributed by atoms with E-state index in [9.17, 15) is 18.0 Å². The zero-order valence-corrected chi connectivity index (χ0v) is 22.6. The average molecular weight is 548 g/mol. The zero-order valence-electron chi connectivity index (χ0n) is 22.6. The Bertz CT molecular complexity index is 1190. The number of ether oxygens (including phenoxy) is 2. The number of carbonyl (C=O) groups excluding carboxylic acids is 1. The van der Waals surface area contributed by atoms with Gasteiger partial charge in [0.2, 0.25) is 0 Å². The molecule has 4 heterocycles. The van der Waals surface area contributed by atoms with Gasteiger partial charge >= 0.3 is 12.2 Å². The number of morpholine rings is 1. The summed E-state index contributed by atoms with van der Waals surface area (Å²) in [6.45, 7) is 8.14. The molecule has 3 fully saturated rings. The summed E-state index contributed by atoms with van der Waals surface area (Å²) in [7, 11) is 1.73. The largest absolute Gasteiger partial charge is 0.389 e. The number of halogens is 3. The second-order valence-corrected chi connectivity index (χ2v) is 10.7. The second kappa shape index (κ2) is 11.2. The number of anilines is 3. The maximum Gasteiger partial charge on any atom is 0.389 e. The maximum absolute atomic E-state index is 12.9. The minimum absolute atomic E-state index is 0.108. The number of nitrogens with zero attached hydrogens (tertiary/aromatic N) is 4. The van der Waals surface area contributed by atoms with Crippen LogP contribution in [0, 0.1) is 12.8 Å². The predicted molar refractivity (Wildman–Crippen MR) is 144 cm³/mol. The van der Waals surface area contributed by atoms with Crippen molar-refractivity contribution >= 4 is 23.4 Å². The molecule has 3 aliphatic rings. The zero-order chi connectivity index (χ0) is 27.7. The first-order valence-electron chi connectivity index (χ1n) is 13.5. The Morgan fingerprint density at radius 2 is 1.87 bits per heavy atom. The summed E-state index contributed by atoms with van der Waals surface area (Å²) in [4.78, 5) is 23.8. The molecule has 1 aromatic carbocycles. The van der Waals surface area contributed by atoms with Gasteiger partial charge in [-0.05, 0) is 67.1 Å². The van der Waals surface area contributed by atoms with Crippen LogP contribution in [0.2, 0.25) is 0 Å². The van der Waals surface area contributed by atoms with E-state index in [2.05, 4.69) is 34.2 Å². The van der Waals surface area contributed by atoms with Crippen LogP contribution in [0.25, 0.3) is 11.1 Å². The van der Waals surface area contributed by atoms with E-state index < -0.39 is 18.5 Å². The SMILES string of the molecule is CO[C@@H]1CN(c2cc(-c3cc(NC(=O)N4CC[C@@H](CC(F)(F)F)C4)ccc3C)cc(N3CCOCC3)n2)[C@H]1C. The van der Waals surface area contributed by atoms with Crippen LogP contribution in [0.1, 0.15) is 25.3 Å². The van der Waals surface area contributed by atoms with Crippen molar-refractivity contribution in [1.29, 1.82) is 0 Å². The van der Waals surface area contributed by atoms with Crippen LogP contribution in [0.3, 0.4) is 0 Å². The van der Waals surface area contributed by atoms with Crippen molar-refractivity contribution in [3.05, 3.63) is 35.9 Å². The van der Waals surface area contributed by atoms with Crippen molar-refractivity contribution in [2.24, 2.45) is 5.92 Å². The smallest absolute Gasteiger partial charge is 0.378 e. The first kappa shape index (κ1) is 27.5. The first-order valence-corrected chi connectivity index (χ1v) is 13.5. The Morgan fingerprint density at radius 3 is 2.56 bits per heavy atom. The minimum Gasteiger partial charge on any atom is -0.378 e. The third-order valence-electron chi connectivity index (χ3n) is 8.03. The molecule has 39 heavy (non-hydrogen) atoms. The molecule has 212 valence electrons. The number of alkyl halides is 3. The number of pyridine rings is 1. The summed E-state index contributed by atoms with van der Waals surface area (Å²) in [6, 6.07) is 9.67. The number of benzene rings is 1. The van der Waals surface area contributed by atoms with Gasteiger partial charge in [-0.2, -0.15) is 13.2 Å². The van der Waals surface area contributed by atoms with E-state index in [1.807, 2.05) is 25.1 Å². The molecular weight excluding hydrogens is 511 g/mol. The van der Waals surface area contributed by atoms with Gasteiger partial charge in [-0.1, -0.05) is 6.07 Å². The molecule has 5 rings (SSSR count). The molecule has 1 N–H and O–H groups in total. The number of carbonyl (C=O) groups is 1. The standard InChI is InChI=1S/C28H36F3N5O3/c1-18-4-5-22(32-27(37)35-7-6-20(16-35)15-28(29,30)31)14-23(18)21-12-25(34-8-10-39-11-9-34)33-26(13-21)36-17-24(38-3)19(36)2/h4-5,12-14,19-20,24H,6-11,15-17H2,1-3H3,(H,32,37)/t19-,20-,24+/m0/s1. The molecule has 3 saturated heterocycles. The van der Waals surface area contributed by atoms with E-state index in [0.29, 0.717) is 31.9 Å². The first-order chi connectivity index (χ1) is 18.6. The maximum atomic E-state index is 12.9. The van der Waals surface area contributed by atoms with Gasteiger partial charge in [-0.3, -0.25) is 0 Å². The Balaban J connectivity index is 1.38. The van der Waals surface area contributed by atoms with Crippen LogP contribution in [0.15, 0.2) is 30.3 Å². The normalized spacial score (nSPS) is 23.6. The highest BCUT2D eigenvalue weighted by Crippen LogP contribution is 2.36. The lowest BCUT2D eigenvalue weighted by atomic mass is 9.98. The summed E-state index contributed by atoms with van der Waals surface area (Å²) in [5.74, 6) is 1.19. The Hall–Kier alpha value is -3.05. The molecule has 2 aromatic rings. The lowest BCUT2D eigenvalue weighted by Crippen LogP contribution is -2.59. The monoisotopic (exact) mass is 547 g/mol. The molecule has 3 atom stereocenters. The highest BCUT2D eigenvalue weighted by molar-refractivity contribution is 5.91.